The van der Waals surface area contributed by atoms with Gasteiger partial charge in [-0.1, -0.05) is 12.1 Å². The summed E-state index contributed by atoms with van der Waals surface area (Å²) in [6.45, 7) is 3.99. The van der Waals surface area contributed by atoms with Gasteiger partial charge in [0, 0.05) is 31.1 Å². The molecule has 0 radical (unpaired) electrons. The normalized spacial score (nSPS) is 13.7. The van der Waals surface area contributed by atoms with E-state index in [9.17, 15) is 4.79 Å². The lowest BCUT2D eigenvalue weighted by molar-refractivity contribution is -0.137. The fourth-order valence-electron chi connectivity index (χ4n) is 2.73. The van der Waals surface area contributed by atoms with Crippen LogP contribution in [0.3, 0.4) is 0 Å². The Labute approximate surface area is 169 Å². The highest BCUT2D eigenvalue weighted by Crippen LogP contribution is 2.28. The molecule has 1 aliphatic rings. The minimum atomic E-state index is -0.0305. The molecule has 148 valence electrons. The van der Waals surface area contributed by atoms with Gasteiger partial charge in [-0.3, -0.25) is 4.79 Å². The zero-order chi connectivity index (χ0) is 18.2. The van der Waals surface area contributed by atoms with Crippen LogP contribution in [-0.4, -0.2) is 50.8 Å². The Balaban J connectivity index is 0.00000261. The quantitative estimate of drug-likeness (QED) is 0.722. The van der Waals surface area contributed by atoms with Gasteiger partial charge in [-0.2, -0.15) is 0 Å². The Hall–Kier alpha value is -1.80. The first kappa shape index (κ1) is 21.5. The van der Waals surface area contributed by atoms with Crippen LogP contribution in [0.1, 0.15) is 10.4 Å². The summed E-state index contributed by atoms with van der Waals surface area (Å²) in [6.07, 6.45) is 0. The topological polar surface area (TPSA) is 60.0 Å². The van der Waals surface area contributed by atoms with Crippen molar-refractivity contribution in [3.63, 3.8) is 0 Å². The number of ether oxygens (including phenoxy) is 3. The van der Waals surface area contributed by atoms with Crippen LogP contribution in [-0.2, 0) is 22.6 Å². The maximum Gasteiger partial charge on any atom is 0.260 e. The van der Waals surface area contributed by atoms with E-state index in [2.05, 4.69) is 22.8 Å². The van der Waals surface area contributed by atoms with Crippen LogP contribution in [0.4, 0.5) is 0 Å². The molecular formula is C19H25ClN2O4S. The maximum absolute atomic E-state index is 12.2. The molecule has 2 heterocycles. The van der Waals surface area contributed by atoms with Gasteiger partial charge in [0.15, 0.2) is 18.1 Å². The number of morpholine rings is 1. The van der Waals surface area contributed by atoms with Crippen LogP contribution < -0.4 is 14.8 Å². The molecule has 2 aromatic rings. The number of nitrogens with one attached hydrogen (secondary N) is 1. The average Bonchev–Trinajstić information content (AvgIpc) is 3.20. The zero-order valence-corrected chi connectivity index (χ0v) is 16.9. The van der Waals surface area contributed by atoms with Crippen LogP contribution in [0.5, 0.6) is 11.5 Å². The molecule has 0 unspecified atom stereocenters. The number of benzene rings is 1. The van der Waals surface area contributed by atoms with Gasteiger partial charge < -0.3 is 24.4 Å². The number of methoxy groups -OCH3 is 1. The zero-order valence-electron chi connectivity index (χ0n) is 15.3. The molecule has 1 aromatic carbocycles. The number of halogens is 1. The number of carbonyl (C=O) groups excluding carboxylic acids is 1. The van der Waals surface area contributed by atoms with Crippen molar-refractivity contribution in [1.82, 2.24) is 10.2 Å². The van der Waals surface area contributed by atoms with E-state index >= 15 is 0 Å². The lowest BCUT2D eigenvalue weighted by Crippen LogP contribution is -2.43. The van der Waals surface area contributed by atoms with E-state index in [0.29, 0.717) is 37.8 Å². The molecule has 1 amide bonds. The molecule has 3 rings (SSSR count). The Kier molecular flexibility index (Phi) is 8.87. The lowest BCUT2D eigenvalue weighted by Gasteiger charge is -2.26. The molecule has 1 fully saturated rings. The first-order chi connectivity index (χ1) is 12.8. The summed E-state index contributed by atoms with van der Waals surface area (Å²) in [5, 5.41) is 5.48. The summed E-state index contributed by atoms with van der Waals surface area (Å²) in [6, 6.07) is 9.94. The van der Waals surface area contributed by atoms with E-state index in [-0.39, 0.29) is 24.9 Å². The Bertz CT molecular complexity index is 706. The summed E-state index contributed by atoms with van der Waals surface area (Å²) in [4.78, 5) is 15.3. The number of hydrogen-bond donors (Lipinski definition) is 1. The number of nitrogens with zero attached hydrogens (tertiary/aromatic N) is 1. The predicted molar refractivity (Wildman–Crippen MR) is 108 cm³/mol. The van der Waals surface area contributed by atoms with E-state index in [1.807, 2.05) is 18.2 Å². The molecule has 0 atom stereocenters. The van der Waals surface area contributed by atoms with Gasteiger partial charge in [0.25, 0.3) is 5.91 Å². The molecule has 0 aliphatic carbocycles. The molecule has 0 saturated carbocycles. The molecule has 0 spiro atoms. The highest BCUT2D eigenvalue weighted by atomic mass is 35.5. The third kappa shape index (κ3) is 6.39. The monoisotopic (exact) mass is 412 g/mol. The predicted octanol–water partition coefficient (Wildman–Crippen LogP) is 2.71. The molecule has 6 nitrogen and oxygen atoms in total. The van der Waals surface area contributed by atoms with Gasteiger partial charge in [-0.05, 0) is 29.1 Å². The number of amides is 1. The van der Waals surface area contributed by atoms with Crippen molar-refractivity contribution in [3.05, 3.63) is 46.2 Å². The van der Waals surface area contributed by atoms with Crippen LogP contribution in [0.25, 0.3) is 0 Å². The second kappa shape index (κ2) is 11.1. The first-order valence-electron chi connectivity index (χ1n) is 8.64. The highest BCUT2D eigenvalue weighted by Gasteiger charge is 2.18. The maximum atomic E-state index is 12.2. The molecule has 1 aromatic heterocycles. The number of hydrogen-bond acceptors (Lipinski definition) is 6. The third-order valence-electron chi connectivity index (χ3n) is 4.15. The number of thiophene rings is 1. The van der Waals surface area contributed by atoms with E-state index in [1.165, 1.54) is 4.88 Å². The largest absolute Gasteiger partial charge is 0.493 e. The molecule has 1 aliphatic heterocycles. The molecule has 0 bridgehead atoms. The second-order valence-electron chi connectivity index (χ2n) is 5.95. The van der Waals surface area contributed by atoms with Crippen molar-refractivity contribution in [2.24, 2.45) is 0 Å². The van der Waals surface area contributed by atoms with Crippen LogP contribution in [0, 0.1) is 0 Å². The van der Waals surface area contributed by atoms with Gasteiger partial charge in [0.05, 0.1) is 20.3 Å². The van der Waals surface area contributed by atoms with E-state index < -0.39 is 0 Å². The summed E-state index contributed by atoms with van der Waals surface area (Å²) in [5.74, 6) is 1.18. The Morgan fingerprint density at radius 1 is 1.22 bits per heavy atom. The van der Waals surface area contributed by atoms with E-state index in [4.69, 9.17) is 14.2 Å². The van der Waals surface area contributed by atoms with Crippen LogP contribution in [0.15, 0.2) is 35.7 Å². The standard InChI is InChI=1S/C19H24N2O4S.ClH/c1-23-18-11-15(12-20-13-16-3-2-10-26-16)4-5-17(18)25-14-19(22)21-6-8-24-9-7-21;/h2-5,10-11,20H,6-9,12-14H2,1H3;1H. The second-order valence-corrected chi connectivity index (χ2v) is 6.98. The Morgan fingerprint density at radius 3 is 2.74 bits per heavy atom. The molecule has 27 heavy (non-hydrogen) atoms. The summed E-state index contributed by atoms with van der Waals surface area (Å²) in [7, 11) is 1.61. The van der Waals surface area contributed by atoms with Crippen molar-refractivity contribution in [3.8, 4) is 11.5 Å². The minimum Gasteiger partial charge on any atom is -0.493 e. The molecule has 8 heteroatoms. The van der Waals surface area contributed by atoms with E-state index in [1.54, 1.807) is 23.3 Å². The van der Waals surface area contributed by atoms with Crippen molar-refractivity contribution >= 4 is 29.7 Å². The van der Waals surface area contributed by atoms with E-state index in [0.717, 1.165) is 18.7 Å². The Morgan fingerprint density at radius 2 is 2.04 bits per heavy atom. The van der Waals surface area contributed by atoms with Gasteiger partial charge in [-0.15, -0.1) is 23.7 Å². The van der Waals surface area contributed by atoms with Gasteiger partial charge in [-0.25, -0.2) is 0 Å². The lowest BCUT2D eigenvalue weighted by atomic mass is 10.2. The van der Waals surface area contributed by atoms with Crippen molar-refractivity contribution < 1.29 is 19.0 Å². The summed E-state index contributed by atoms with van der Waals surface area (Å²) in [5.41, 5.74) is 1.10. The fraction of sp³-hybridized carbons (Fsp3) is 0.421. The van der Waals surface area contributed by atoms with Crippen molar-refractivity contribution in [2.45, 2.75) is 13.1 Å². The molecule has 1 saturated heterocycles. The average molecular weight is 413 g/mol. The smallest absolute Gasteiger partial charge is 0.260 e. The van der Waals surface area contributed by atoms with Gasteiger partial charge in [0.1, 0.15) is 0 Å². The van der Waals surface area contributed by atoms with Gasteiger partial charge in [0.2, 0.25) is 0 Å². The van der Waals surface area contributed by atoms with Gasteiger partial charge >= 0.3 is 0 Å². The van der Waals surface area contributed by atoms with Crippen molar-refractivity contribution in [2.75, 3.05) is 40.0 Å². The van der Waals surface area contributed by atoms with Crippen LogP contribution in [0.2, 0.25) is 0 Å². The highest BCUT2D eigenvalue weighted by molar-refractivity contribution is 7.09. The fourth-order valence-corrected chi connectivity index (χ4v) is 3.40. The summed E-state index contributed by atoms with van der Waals surface area (Å²) < 4.78 is 16.4. The summed E-state index contributed by atoms with van der Waals surface area (Å²) >= 11 is 1.74. The number of rotatable bonds is 8. The first-order valence-corrected chi connectivity index (χ1v) is 9.52. The molecule has 1 N–H and O–H groups in total. The van der Waals surface area contributed by atoms with Crippen LogP contribution >= 0.6 is 23.7 Å². The SMILES string of the molecule is COc1cc(CNCc2cccs2)ccc1OCC(=O)N1CCOCC1.Cl. The number of carbonyl (C=O) groups is 1. The minimum absolute atomic E-state index is 0. The van der Waals surface area contributed by atoms with Crippen molar-refractivity contribution in [1.29, 1.82) is 0 Å². The third-order valence-corrected chi connectivity index (χ3v) is 5.03. The molecular weight excluding hydrogens is 388 g/mol.